The summed E-state index contributed by atoms with van der Waals surface area (Å²) in [5.74, 6) is 0. The van der Waals surface area contributed by atoms with Crippen molar-refractivity contribution in [1.29, 1.82) is 0 Å². The van der Waals surface area contributed by atoms with E-state index in [2.05, 4.69) is 0 Å². The average molecular weight is 152 g/mol. The fraction of sp³-hybridized carbons (Fsp3) is 0.500. The molecule has 1 N–H and O–H groups in total. The highest BCUT2D eigenvalue weighted by atomic mass is 16.2. The number of hydrogen-bond donors (Lipinski definition) is 1. The first-order chi connectivity index (χ1) is 5.16. The van der Waals surface area contributed by atoms with E-state index in [0.717, 1.165) is 18.4 Å². The van der Waals surface area contributed by atoms with E-state index >= 15 is 0 Å². The molecule has 0 rings (SSSR count). The van der Waals surface area contributed by atoms with Crippen molar-refractivity contribution in [3.05, 3.63) is 30.2 Å². The highest BCUT2D eigenvalue weighted by Crippen LogP contribution is 2.05. The van der Waals surface area contributed by atoms with E-state index in [-0.39, 0.29) is 6.61 Å². The maximum absolute atomic E-state index is 8.53. The second kappa shape index (κ2) is 6.17. The van der Waals surface area contributed by atoms with Gasteiger partial charge in [-0.25, -0.2) is 0 Å². The molecule has 0 bridgehead atoms. The van der Waals surface area contributed by atoms with Crippen molar-refractivity contribution < 1.29 is 5.11 Å². The van der Waals surface area contributed by atoms with Crippen LogP contribution in [0.2, 0.25) is 0 Å². The Labute approximate surface area is 69.4 Å². The van der Waals surface area contributed by atoms with Crippen molar-refractivity contribution in [3.8, 4) is 0 Å². The van der Waals surface area contributed by atoms with Gasteiger partial charge in [0.25, 0.3) is 0 Å². The van der Waals surface area contributed by atoms with Crippen LogP contribution in [-0.2, 0) is 0 Å². The Bertz CT molecular complexity index is 150. The summed E-state index contributed by atoms with van der Waals surface area (Å²) in [6, 6.07) is 0. The van der Waals surface area contributed by atoms with E-state index in [1.165, 1.54) is 5.57 Å². The molecule has 2 radical (unpaired) electrons. The molecular weight excluding hydrogens is 136 g/mol. The van der Waals surface area contributed by atoms with Crippen molar-refractivity contribution in [2.45, 2.75) is 26.7 Å². The van der Waals surface area contributed by atoms with E-state index in [1.807, 2.05) is 26.0 Å². The molecule has 0 aromatic heterocycles. The summed E-state index contributed by atoms with van der Waals surface area (Å²) < 4.78 is 0. The Morgan fingerprint density at radius 3 is 2.45 bits per heavy atom. The van der Waals surface area contributed by atoms with Crippen LogP contribution in [-0.4, -0.2) is 11.7 Å². The fourth-order valence-electron chi connectivity index (χ4n) is 0.785. The molecule has 0 unspecified atom stereocenters. The zero-order valence-corrected chi connectivity index (χ0v) is 7.30. The third-order valence-corrected chi connectivity index (χ3v) is 1.44. The van der Waals surface area contributed by atoms with Crippen LogP contribution in [0.1, 0.15) is 26.7 Å². The second-order valence-electron chi connectivity index (χ2n) is 2.72. The zero-order valence-electron chi connectivity index (χ0n) is 7.30. The van der Waals surface area contributed by atoms with Crippen LogP contribution in [0.3, 0.4) is 0 Å². The van der Waals surface area contributed by atoms with Gasteiger partial charge in [-0.1, -0.05) is 23.3 Å². The minimum Gasteiger partial charge on any atom is -0.392 e. The minimum atomic E-state index is 0.136. The number of rotatable bonds is 4. The molecule has 0 aliphatic rings. The molecule has 62 valence electrons. The van der Waals surface area contributed by atoms with Gasteiger partial charge in [0.05, 0.1) is 6.61 Å². The smallest absolute Gasteiger partial charge is 0.0614 e. The van der Waals surface area contributed by atoms with E-state index < -0.39 is 0 Å². The molecule has 0 saturated heterocycles. The van der Waals surface area contributed by atoms with Crippen molar-refractivity contribution >= 4 is 0 Å². The summed E-state index contributed by atoms with van der Waals surface area (Å²) in [4.78, 5) is 0. The predicted molar refractivity (Wildman–Crippen MR) is 48.1 cm³/mol. The minimum absolute atomic E-state index is 0.136. The lowest BCUT2D eigenvalue weighted by atomic mass is 10.1. The highest BCUT2D eigenvalue weighted by molar-refractivity contribution is 5.04. The van der Waals surface area contributed by atoms with E-state index in [1.54, 1.807) is 0 Å². The number of allylic oxidation sites excluding steroid dienone is 3. The fourth-order valence-corrected chi connectivity index (χ4v) is 0.785. The van der Waals surface area contributed by atoms with Gasteiger partial charge in [0.15, 0.2) is 0 Å². The van der Waals surface area contributed by atoms with E-state index in [4.69, 9.17) is 12.0 Å². The molecule has 0 spiro atoms. The lowest BCUT2D eigenvalue weighted by Gasteiger charge is -1.96. The topological polar surface area (TPSA) is 20.2 Å². The number of hydrogen-bond acceptors (Lipinski definition) is 1. The molecule has 0 heterocycles. The van der Waals surface area contributed by atoms with Gasteiger partial charge < -0.3 is 5.11 Å². The van der Waals surface area contributed by atoms with Crippen LogP contribution < -0.4 is 0 Å². The third-order valence-electron chi connectivity index (χ3n) is 1.44. The van der Waals surface area contributed by atoms with Gasteiger partial charge in [0, 0.05) is 0 Å². The molecule has 0 aromatic rings. The predicted octanol–water partition coefficient (Wildman–Crippen LogP) is 2.36. The molecule has 0 aliphatic heterocycles. The summed E-state index contributed by atoms with van der Waals surface area (Å²) in [5.41, 5.74) is 2.08. The van der Waals surface area contributed by atoms with Gasteiger partial charge in [-0.3, -0.25) is 0 Å². The van der Waals surface area contributed by atoms with Crippen molar-refractivity contribution in [1.82, 2.24) is 0 Å². The summed E-state index contributed by atoms with van der Waals surface area (Å²) in [5, 5.41) is 8.53. The molecular formula is C10H16O. The maximum Gasteiger partial charge on any atom is 0.0614 e. The average Bonchev–Trinajstić information content (AvgIpc) is 1.87. The summed E-state index contributed by atoms with van der Waals surface area (Å²) in [6.07, 6.45) is 5.76. The standard InChI is InChI=1S/C10H16O/c1-9(2)5-4-6-10(3)7-8-11/h1,5,7,11H,4,6,8H2,2-3H3/b9-5-,10-7+. The van der Waals surface area contributed by atoms with Crippen LogP contribution in [0.15, 0.2) is 23.3 Å². The quantitative estimate of drug-likeness (QED) is 0.613. The molecule has 0 fully saturated rings. The van der Waals surface area contributed by atoms with Crippen LogP contribution in [0, 0.1) is 6.92 Å². The lowest BCUT2D eigenvalue weighted by Crippen LogP contribution is -1.80. The molecule has 1 heteroatoms. The second-order valence-corrected chi connectivity index (χ2v) is 2.72. The van der Waals surface area contributed by atoms with Gasteiger partial charge in [-0.05, 0) is 33.6 Å². The van der Waals surface area contributed by atoms with Crippen LogP contribution in [0.5, 0.6) is 0 Å². The lowest BCUT2D eigenvalue weighted by molar-refractivity contribution is 0.341. The molecule has 0 amide bonds. The van der Waals surface area contributed by atoms with Crippen molar-refractivity contribution in [2.24, 2.45) is 0 Å². The summed E-state index contributed by atoms with van der Waals surface area (Å²) in [7, 11) is 0. The summed E-state index contributed by atoms with van der Waals surface area (Å²) in [6.45, 7) is 9.47. The largest absolute Gasteiger partial charge is 0.392 e. The zero-order chi connectivity index (χ0) is 8.69. The number of aliphatic hydroxyl groups is 1. The SMILES string of the molecule is [CH]/C(C)=C/CC/C(C)=C/CO. The third kappa shape index (κ3) is 7.34. The molecule has 11 heavy (non-hydrogen) atoms. The Balaban J connectivity index is 3.54. The van der Waals surface area contributed by atoms with E-state index in [0.29, 0.717) is 0 Å². The molecule has 0 saturated carbocycles. The monoisotopic (exact) mass is 152 g/mol. The Morgan fingerprint density at radius 1 is 1.36 bits per heavy atom. The van der Waals surface area contributed by atoms with Gasteiger partial charge in [0.1, 0.15) is 0 Å². The van der Waals surface area contributed by atoms with Crippen molar-refractivity contribution in [2.75, 3.05) is 6.61 Å². The van der Waals surface area contributed by atoms with Crippen LogP contribution in [0.4, 0.5) is 0 Å². The highest BCUT2D eigenvalue weighted by Gasteiger charge is 1.86. The Kier molecular flexibility index (Phi) is 5.86. The first-order valence-electron chi connectivity index (χ1n) is 3.85. The van der Waals surface area contributed by atoms with E-state index in [9.17, 15) is 0 Å². The van der Waals surface area contributed by atoms with Gasteiger partial charge >= 0.3 is 0 Å². The van der Waals surface area contributed by atoms with Gasteiger partial charge in [-0.2, -0.15) is 0 Å². The van der Waals surface area contributed by atoms with Crippen molar-refractivity contribution in [3.63, 3.8) is 0 Å². The van der Waals surface area contributed by atoms with Crippen LogP contribution >= 0.6 is 0 Å². The molecule has 0 atom stereocenters. The summed E-state index contributed by atoms with van der Waals surface area (Å²) >= 11 is 0. The molecule has 0 aliphatic carbocycles. The molecule has 1 nitrogen and oxygen atoms in total. The first-order valence-corrected chi connectivity index (χ1v) is 3.85. The first kappa shape index (κ1) is 10.4. The normalized spacial score (nSPS) is 13.8. The molecule has 0 aromatic carbocycles. The number of aliphatic hydroxyl groups excluding tert-OH is 1. The van der Waals surface area contributed by atoms with Gasteiger partial charge in [0.2, 0.25) is 0 Å². The van der Waals surface area contributed by atoms with Gasteiger partial charge in [-0.15, -0.1) is 0 Å². The maximum atomic E-state index is 8.53. The van der Waals surface area contributed by atoms with Crippen LogP contribution in [0.25, 0.3) is 0 Å². The Morgan fingerprint density at radius 2 is 2.00 bits per heavy atom. The Hall–Kier alpha value is -0.560.